The summed E-state index contributed by atoms with van der Waals surface area (Å²) in [7, 11) is 0. The number of epoxide rings is 1. The van der Waals surface area contributed by atoms with E-state index >= 15 is 0 Å². The van der Waals surface area contributed by atoms with Gasteiger partial charge in [-0.15, -0.1) is 0 Å². The Hall–Kier alpha value is -0.830. The van der Waals surface area contributed by atoms with Crippen molar-refractivity contribution in [2.75, 3.05) is 13.2 Å². The van der Waals surface area contributed by atoms with Crippen LogP contribution in [0.3, 0.4) is 0 Å². The number of esters is 1. The second-order valence-electron chi connectivity index (χ2n) is 2.91. The van der Waals surface area contributed by atoms with Crippen LogP contribution in [0.2, 0.25) is 0 Å². The summed E-state index contributed by atoms with van der Waals surface area (Å²) in [6, 6.07) is 0. The number of carbonyl (C=O) groups is 1. The van der Waals surface area contributed by atoms with Crippen molar-refractivity contribution in [3.63, 3.8) is 0 Å². The summed E-state index contributed by atoms with van der Waals surface area (Å²) in [5.74, 6) is -0.285. The van der Waals surface area contributed by atoms with Crippen molar-refractivity contribution in [3.8, 4) is 0 Å². The van der Waals surface area contributed by atoms with Crippen LogP contribution >= 0.6 is 0 Å². The lowest BCUT2D eigenvalue weighted by molar-refractivity contribution is -0.139. The average Bonchev–Trinajstić information content (AvgIpc) is 2.83. The molecule has 1 atom stereocenters. The van der Waals surface area contributed by atoms with Crippen LogP contribution in [0.1, 0.15) is 19.8 Å². The van der Waals surface area contributed by atoms with Crippen LogP contribution < -0.4 is 0 Å². The molecular formula is C9H14O3. The van der Waals surface area contributed by atoms with E-state index in [0.29, 0.717) is 25.2 Å². The highest BCUT2D eigenvalue weighted by Crippen LogP contribution is 2.10. The monoisotopic (exact) mass is 170 g/mol. The number of hydrogen-bond donors (Lipinski definition) is 0. The van der Waals surface area contributed by atoms with Gasteiger partial charge in [0.1, 0.15) is 12.7 Å². The Labute approximate surface area is 72.4 Å². The summed E-state index contributed by atoms with van der Waals surface area (Å²) in [5, 5.41) is 0. The summed E-state index contributed by atoms with van der Waals surface area (Å²) in [4.78, 5) is 11.1. The van der Waals surface area contributed by atoms with Crippen LogP contribution in [0.4, 0.5) is 0 Å². The first kappa shape index (κ1) is 9.26. The molecular weight excluding hydrogens is 156 g/mol. The first-order chi connectivity index (χ1) is 5.74. The molecule has 0 aliphatic carbocycles. The largest absolute Gasteiger partial charge is 0.459 e. The molecule has 1 aliphatic heterocycles. The van der Waals surface area contributed by atoms with Crippen LogP contribution in [0.5, 0.6) is 0 Å². The zero-order valence-electron chi connectivity index (χ0n) is 7.34. The lowest BCUT2D eigenvalue weighted by Crippen LogP contribution is -2.11. The molecule has 0 N–H and O–H groups in total. The third-order valence-electron chi connectivity index (χ3n) is 1.64. The van der Waals surface area contributed by atoms with Crippen LogP contribution in [0.25, 0.3) is 0 Å². The summed E-state index contributed by atoms with van der Waals surface area (Å²) < 4.78 is 9.81. The topological polar surface area (TPSA) is 38.8 Å². The Bertz CT molecular complexity index is 182. The lowest BCUT2D eigenvalue weighted by Gasteiger charge is -2.03. The summed E-state index contributed by atoms with van der Waals surface area (Å²) in [6.45, 7) is 6.72. The van der Waals surface area contributed by atoms with Crippen LogP contribution in [-0.4, -0.2) is 25.3 Å². The van der Waals surface area contributed by atoms with Gasteiger partial charge in [-0.25, -0.2) is 4.79 Å². The maximum absolute atomic E-state index is 11.1. The van der Waals surface area contributed by atoms with E-state index in [-0.39, 0.29) is 12.1 Å². The Morgan fingerprint density at radius 2 is 2.42 bits per heavy atom. The molecule has 0 bridgehead atoms. The Kier molecular flexibility index (Phi) is 3.29. The smallest absolute Gasteiger partial charge is 0.333 e. The van der Waals surface area contributed by atoms with E-state index in [4.69, 9.17) is 9.47 Å². The fourth-order valence-electron chi connectivity index (χ4n) is 0.839. The van der Waals surface area contributed by atoms with E-state index in [0.717, 1.165) is 6.42 Å². The van der Waals surface area contributed by atoms with Crippen LogP contribution in [0, 0.1) is 0 Å². The Balaban J connectivity index is 2.12. The molecule has 1 fully saturated rings. The fourth-order valence-corrected chi connectivity index (χ4v) is 0.839. The van der Waals surface area contributed by atoms with Crippen LogP contribution in [0.15, 0.2) is 12.2 Å². The third kappa shape index (κ3) is 3.05. The molecule has 68 valence electrons. The maximum Gasteiger partial charge on any atom is 0.333 e. The van der Waals surface area contributed by atoms with Crippen molar-refractivity contribution in [2.45, 2.75) is 25.9 Å². The van der Waals surface area contributed by atoms with E-state index in [1.165, 1.54) is 0 Å². The molecule has 0 aromatic carbocycles. The molecule has 0 aromatic rings. The quantitative estimate of drug-likeness (QED) is 0.354. The van der Waals surface area contributed by atoms with E-state index in [9.17, 15) is 4.79 Å². The predicted molar refractivity (Wildman–Crippen MR) is 44.7 cm³/mol. The molecule has 1 unspecified atom stereocenters. The SMILES string of the molecule is C=C(CCC)C(=O)OCC1CO1. The van der Waals surface area contributed by atoms with E-state index < -0.39 is 0 Å². The van der Waals surface area contributed by atoms with Gasteiger partial charge in [0.2, 0.25) is 0 Å². The van der Waals surface area contributed by atoms with Gasteiger partial charge >= 0.3 is 5.97 Å². The Morgan fingerprint density at radius 3 is 2.92 bits per heavy atom. The normalized spacial score (nSPS) is 20.2. The molecule has 0 radical (unpaired) electrons. The molecule has 3 heteroatoms. The zero-order chi connectivity index (χ0) is 8.97. The van der Waals surface area contributed by atoms with E-state index in [1.54, 1.807) is 0 Å². The predicted octanol–water partition coefficient (Wildman–Crippen LogP) is 1.28. The summed E-state index contributed by atoms with van der Waals surface area (Å²) in [6.07, 6.45) is 1.78. The van der Waals surface area contributed by atoms with Gasteiger partial charge in [0.25, 0.3) is 0 Å². The molecule has 1 rings (SSSR count). The number of hydrogen-bond acceptors (Lipinski definition) is 3. The summed E-state index contributed by atoms with van der Waals surface area (Å²) >= 11 is 0. The van der Waals surface area contributed by atoms with Crippen molar-refractivity contribution in [1.29, 1.82) is 0 Å². The lowest BCUT2D eigenvalue weighted by atomic mass is 10.2. The van der Waals surface area contributed by atoms with Gasteiger partial charge in [-0.2, -0.15) is 0 Å². The first-order valence-corrected chi connectivity index (χ1v) is 4.20. The highest BCUT2D eigenvalue weighted by Gasteiger charge is 2.24. The molecule has 0 spiro atoms. The minimum atomic E-state index is -0.285. The maximum atomic E-state index is 11.1. The molecule has 3 nitrogen and oxygen atoms in total. The van der Waals surface area contributed by atoms with Gasteiger partial charge < -0.3 is 9.47 Å². The third-order valence-corrected chi connectivity index (χ3v) is 1.64. The van der Waals surface area contributed by atoms with Crippen molar-refractivity contribution >= 4 is 5.97 Å². The van der Waals surface area contributed by atoms with Crippen molar-refractivity contribution in [3.05, 3.63) is 12.2 Å². The van der Waals surface area contributed by atoms with Gasteiger partial charge in [0.05, 0.1) is 6.61 Å². The van der Waals surface area contributed by atoms with Gasteiger partial charge in [0.15, 0.2) is 0 Å². The molecule has 1 saturated heterocycles. The zero-order valence-corrected chi connectivity index (χ0v) is 7.34. The Morgan fingerprint density at radius 1 is 1.75 bits per heavy atom. The number of rotatable bonds is 5. The van der Waals surface area contributed by atoms with Gasteiger partial charge in [0, 0.05) is 5.57 Å². The van der Waals surface area contributed by atoms with E-state index in [2.05, 4.69) is 6.58 Å². The molecule has 0 aromatic heterocycles. The van der Waals surface area contributed by atoms with Crippen LogP contribution in [-0.2, 0) is 14.3 Å². The van der Waals surface area contributed by atoms with Crippen molar-refractivity contribution in [2.24, 2.45) is 0 Å². The molecule has 0 amide bonds. The average molecular weight is 170 g/mol. The summed E-state index contributed by atoms with van der Waals surface area (Å²) in [5.41, 5.74) is 0.554. The standard InChI is InChI=1S/C9H14O3/c1-3-4-7(2)9(10)12-6-8-5-11-8/h8H,2-6H2,1H3. The second-order valence-corrected chi connectivity index (χ2v) is 2.91. The highest BCUT2D eigenvalue weighted by atomic mass is 16.6. The van der Waals surface area contributed by atoms with Gasteiger partial charge in [-0.3, -0.25) is 0 Å². The minimum absolute atomic E-state index is 0.142. The second kappa shape index (κ2) is 4.26. The number of ether oxygens (including phenoxy) is 2. The first-order valence-electron chi connectivity index (χ1n) is 4.20. The van der Waals surface area contributed by atoms with E-state index in [1.807, 2.05) is 6.92 Å². The minimum Gasteiger partial charge on any atom is -0.459 e. The molecule has 0 saturated carbocycles. The number of carbonyl (C=O) groups excluding carboxylic acids is 1. The molecule has 12 heavy (non-hydrogen) atoms. The fraction of sp³-hybridized carbons (Fsp3) is 0.667. The van der Waals surface area contributed by atoms with Crippen molar-refractivity contribution < 1.29 is 14.3 Å². The highest BCUT2D eigenvalue weighted by molar-refractivity contribution is 5.87. The molecule has 1 aliphatic rings. The van der Waals surface area contributed by atoms with Gasteiger partial charge in [-0.1, -0.05) is 19.9 Å². The van der Waals surface area contributed by atoms with Crippen molar-refractivity contribution in [1.82, 2.24) is 0 Å². The van der Waals surface area contributed by atoms with Gasteiger partial charge in [-0.05, 0) is 6.42 Å². The molecule has 1 heterocycles.